The van der Waals surface area contributed by atoms with Crippen LogP contribution in [0.1, 0.15) is 47.2 Å². The third kappa shape index (κ3) is 4.73. The fraction of sp³-hybridized carbons (Fsp3) is 0.241. The number of hydrogen-bond donors (Lipinski definition) is 1. The van der Waals surface area contributed by atoms with Gasteiger partial charge in [0.1, 0.15) is 5.54 Å². The number of rotatable bonds is 9. The Morgan fingerprint density at radius 2 is 1.91 bits per heavy atom. The van der Waals surface area contributed by atoms with E-state index in [4.69, 9.17) is 0 Å². The van der Waals surface area contributed by atoms with E-state index in [9.17, 15) is 0 Å². The zero-order valence-corrected chi connectivity index (χ0v) is 20.6. The van der Waals surface area contributed by atoms with Crippen molar-refractivity contribution in [2.45, 2.75) is 39.8 Å². The van der Waals surface area contributed by atoms with E-state index in [0.29, 0.717) is 0 Å². The Morgan fingerprint density at radius 1 is 1.16 bits per heavy atom. The van der Waals surface area contributed by atoms with Gasteiger partial charge in [0, 0.05) is 33.3 Å². The van der Waals surface area contributed by atoms with Crippen LogP contribution in [0.15, 0.2) is 92.2 Å². The van der Waals surface area contributed by atoms with Gasteiger partial charge in [0.2, 0.25) is 0 Å². The van der Waals surface area contributed by atoms with Crippen LogP contribution < -0.4 is 5.32 Å². The monoisotopic (exact) mass is 442 g/mol. The van der Waals surface area contributed by atoms with E-state index < -0.39 is 5.54 Å². The number of hydrogen-bond acceptors (Lipinski definition) is 3. The molecule has 1 atom stereocenters. The molecular weight excluding hydrogens is 408 g/mol. The number of thiophene rings is 1. The summed E-state index contributed by atoms with van der Waals surface area (Å²) >= 11 is 1.80. The predicted octanol–water partition coefficient (Wildman–Crippen LogP) is 7.58. The van der Waals surface area contributed by atoms with Crippen molar-refractivity contribution >= 4 is 22.6 Å². The summed E-state index contributed by atoms with van der Waals surface area (Å²) in [7, 11) is 0. The first-order chi connectivity index (χ1) is 15.2. The van der Waals surface area contributed by atoms with E-state index in [0.717, 1.165) is 30.1 Å². The summed E-state index contributed by atoms with van der Waals surface area (Å²) in [6.45, 7) is 26.7. The summed E-state index contributed by atoms with van der Waals surface area (Å²) in [4.78, 5) is 4.83. The van der Waals surface area contributed by atoms with Crippen LogP contribution >= 0.6 is 11.3 Å². The third-order valence-corrected chi connectivity index (χ3v) is 7.29. The van der Waals surface area contributed by atoms with Gasteiger partial charge in [0.05, 0.1) is 6.54 Å². The summed E-state index contributed by atoms with van der Waals surface area (Å²) in [6, 6.07) is 11.0. The quantitative estimate of drug-likeness (QED) is 0.318. The molecule has 166 valence electrons. The second-order valence-electron chi connectivity index (χ2n) is 8.69. The molecule has 0 spiro atoms. The Morgan fingerprint density at radius 3 is 2.56 bits per heavy atom. The van der Waals surface area contributed by atoms with Gasteiger partial charge in [-0.05, 0) is 62.6 Å². The van der Waals surface area contributed by atoms with Crippen LogP contribution in [-0.2, 0) is 12.1 Å². The average molecular weight is 443 g/mol. The molecular formula is C29H34N2S. The molecule has 0 radical (unpaired) electrons. The minimum absolute atomic E-state index is 0.452. The predicted molar refractivity (Wildman–Crippen MR) is 142 cm³/mol. The lowest BCUT2D eigenvalue weighted by Crippen LogP contribution is -2.49. The van der Waals surface area contributed by atoms with E-state index >= 15 is 0 Å². The Kier molecular flexibility index (Phi) is 7.10. The molecule has 2 heterocycles. The summed E-state index contributed by atoms with van der Waals surface area (Å²) in [5.74, 6) is 0. The SMILES string of the molecule is C=C/C=C\C=C(/C)c1ccc(C(CN2Cc3ccc(C)cc3C2=C)(NC(=C)C)C(=C)C)s1. The van der Waals surface area contributed by atoms with Gasteiger partial charge in [-0.25, -0.2) is 0 Å². The zero-order chi connectivity index (χ0) is 23.5. The van der Waals surface area contributed by atoms with E-state index in [1.807, 2.05) is 19.1 Å². The second-order valence-corrected chi connectivity index (χ2v) is 9.77. The van der Waals surface area contributed by atoms with Crippen molar-refractivity contribution in [3.63, 3.8) is 0 Å². The lowest BCUT2D eigenvalue weighted by atomic mass is 9.88. The first kappa shape index (κ1) is 23.6. The minimum atomic E-state index is -0.452. The molecule has 2 nitrogen and oxygen atoms in total. The van der Waals surface area contributed by atoms with Gasteiger partial charge in [-0.1, -0.05) is 68.3 Å². The van der Waals surface area contributed by atoms with E-state index in [2.05, 4.69) is 93.7 Å². The van der Waals surface area contributed by atoms with Crippen molar-refractivity contribution in [1.29, 1.82) is 0 Å². The van der Waals surface area contributed by atoms with Gasteiger partial charge in [0.15, 0.2) is 0 Å². The number of aryl methyl sites for hydroxylation is 1. The maximum absolute atomic E-state index is 4.43. The first-order valence-electron chi connectivity index (χ1n) is 10.9. The fourth-order valence-corrected chi connectivity index (χ4v) is 5.34. The van der Waals surface area contributed by atoms with Crippen LogP contribution in [0.5, 0.6) is 0 Å². The van der Waals surface area contributed by atoms with Crippen molar-refractivity contribution in [3.8, 4) is 0 Å². The van der Waals surface area contributed by atoms with Crippen LogP contribution in [0.3, 0.4) is 0 Å². The molecule has 1 N–H and O–H groups in total. The molecule has 1 aliphatic heterocycles. The number of allylic oxidation sites excluding steroid dienone is 6. The number of fused-ring (bicyclic) bond motifs is 1. The minimum Gasteiger partial charge on any atom is -0.374 e. The van der Waals surface area contributed by atoms with Gasteiger partial charge >= 0.3 is 0 Å². The Bertz CT molecular complexity index is 1130. The van der Waals surface area contributed by atoms with Crippen LogP contribution in [0.2, 0.25) is 0 Å². The average Bonchev–Trinajstić information content (AvgIpc) is 3.33. The molecule has 0 amide bonds. The first-order valence-corrected chi connectivity index (χ1v) is 11.7. The van der Waals surface area contributed by atoms with Crippen LogP contribution in [0.4, 0.5) is 0 Å². The van der Waals surface area contributed by atoms with Crippen molar-refractivity contribution in [1.82, 2.24) is 10.2 Å². The van der Waals surface area contributed by atoms with Gasteiger partial charge in [-0.15, -0.1) is 11.3 Å². The van der Waals surface area contributed by atoms with Crippen LogP contribution in [-0.4, -0.2) is 11.4 Å². The summed E-state index contributed by atoms with van der Waals surface area (Å²) in [6.07, 6.45) is 7.87. The van der Waals surface area contributed by atoms with Gasteiger partial charge in [-0.2, -0.15) is 0 Å². The zero-order valence-electron chi connectivity index (χ0n) is 19.8. The largest absolute Gasteiger partial charge is 0.374 e. The van der Waals surface area contributed by atoms with Crippen molar-refractivity contribution in [2.24, 2.45) is 0 Å². The summed E-state index contributed by atoms with van der Waals surface area (Å²) < 4.78 is 0. The number of benzene rings is 1. The molecule has 0 bridgehead atoms. The van der Waals surface area contributed by atoms with Crippen molar-refractivity contribution in [2.75, 3.05) is 6.54 Å². The second kappa shape index (κ2) is 9.62. The van der Waals surface area contributed by atoms with Crippen molar-refractivity contribution < 1.29 is 0 Å². The molecule has 3 heteroatoms. The van der Waals surface area contributed by atoms with E-state index in [1.54, 1.807) is 17.4 Å². The fourth-order valence-electron chi connectivity index (χ4n) is 4.14. The molecule has 1 aliphatic rings. The highest BCUT2D eigenvalue weighted by molar-refractivity contribution is 7.13. The van der Waals surface area contributed by atoms with Crippen LogP contribution in [0, 0.1) is 6.92 Å². The molecule has 0 aliphatic carbocycles. The Labute approximate surface area is 197 Å². The lowest BCUT2D eigenvalue weighted by Gasteiger charge is -2.40. The third-order valence-electron chi connectivity index (χ3n) is 5.91. The maximum Gasteiger partial charge on any atom is 0.110 e. The highest BCUT2D eigenvalue weighted by Gasteiger charge is 2.39. The molecule has 32 heavy (non-hydrogen) atoms. The molecule has 1 aromatic heterocycles. The molecule has 2 aromatic rings. The lowest BCUT2D eigenvalue weighted by molar-refractivity contribution is 0.292. The maximum atomic E-state index is 4.43. The molecule has 0 saturated carbocycles. The highest BCUT2D eigenvalue weighted by Crippen LogP contribution is 2.41. The standard InChI is InChI=1S/C29H34N2S/c1-9-10-11-12-23(7)27-15-16-28(32-27)29(20(2)3,30-21(4)5)19-31-18-25-14-13-22(6)17-26(25)24(31)8/h9-17,30H,1-2,4,8,18-19H2,3,5-7H3/b11-10-,23-12+. The Hall–Kier alpha value is -3.04. The Balaban J connectivity index is 2.00. The molecule has 0 saturated heterocycles. The van der Waals surface area contributed by atoms with E-state index in [-0.39, 0.29) is 0 Å². The molecule has 0 fully saturated rings. The normalized spacial score (nSPS) is 15.6. The smallest absolute Gasteiger partial charge is 0.110 e. The summed E-state index contributed by atoms with van der Waals surface area (Å²) in [5.41, 5.74) is 7.64. The molecule has 1 aromatic carbocycles. The van der Waals surface area contributed by atoms with Gasteiger partial charge < -0.3 is 10.2 Å². The topological polar surface area (TPSA) is 15.3 Å². The van der Waals surface area contributed by atoms with Gasteiger partial charge in [-0.3, -0.25) is 0 Å². The molecule has 3 rings (SSSR count). The van der Waals surface area contributed by atoms with E-state index in [1.165, 1.54) is 32.0 Å². The highest BCUT2D eigenvalue weighted by atomic mass is 32.1. The van der Waals surface area contributed by atoms with Gasteiger partial charge in [0.25, 0.3) is 0 Å². The number of nitrogens with one attached hydrogen (secondary N) is 1. The summed E-state index contributed by atoms with van der Waals surface area (Å²) in [5, 5.41) is 3.69. The number of nitrogens with zero attached hydrogens (tertiary/aromatic N) is 1. The van der Waals surface area contributed by atoms with Crippen molar-refractivity contribution in [3.05, 3.63) is 119 Å². The molecule has 1 unspecified atom stereocenters. The van der Waals surface area contributed by atoms with Crippen LogP contribution in [0.25, 0.3) is 11.3 Å².